The van der Waals surface area contributed by atoms with Crippen molar-refractivity contribution >= 4 is 39.1 Å². The summed E-state index contributed by atoms with van der Waals surface area (Å²) in [6.07, 6.45) is 2.68. The van der Waals surface area contributed by atoms with E-state index < -0.39 is 15.9 Å². The molecule has 0 bridgehead atoms. The first-order valence-electron chi connectivity index (χ1n) is 10.8. The second-order valence-corrected chi connectivity index (χ2v) is 10.5. The first-order chi connectivity index (χ1) is 15.7. The van der Waals surface area contributed by atoms with Gasteiger partial charge in [0.25, 0.3) is 11.8 Å². The third kappa shape index (κ3) is 6.54. The highest BCUT2D eigenvalue weighted by Gasteiger charge is 2.26. The molecule has 8 nitrogen and oxygen atoms in total. The van der Waals surface area contributed by atoms with Crippen LogP contribution in [0.5, 0.6) is 0 Å². The standard InChI is InChI=1S/C23H29ClN4O4S/c1-27(2)14-11-25-22(29)18-9-10-20(24)21(16-18)26-23(30)17-7-6-8-19(15-17)33(31,32)28-12-4-3-5-13-28/h6-10,15-16H,3-5,11-14H2,1-2H3,(H,25,29)(H,26,30). The molecule has 1 aliphatic rings. The average molecular weight is 493 g/mol. The largest absolute Gasteiger partial charge is 0.351 e. The van der Waals surface area contributed by atoms with Crippen molar-refractivity contribution in [2.24, 2.45) is 0 Å². The lowest BCUT2D eigenvalue weighted by Gasteiger charge is -2.26. The topological polar surface area (TPSA) is 98.8 Å². The fraction of sp³-hybridized carbons (Fsp3) is 0.391. The number of carbonyl (C=O) groups is 2. The Morgan fingerprint density at radius 1 is 1.00 bits per heavy atom. The second-order valence-electron chi connectivity index (χ2n) is 8.20. The number of amides is 2. The monoisotopic (exact) mass is 492 g/mol. The zero-order chi connectivity index (χ0) is 24.0. The normalized spacial score (nSPS) is 14.8. The summed E-state index contributed by atoms with van der Waals surface area (Å²) in [6.45, 7) is 2.14. The number of carbonyl (C=O) groups excluding carboxylic acids is 2. The van der Waals surface area contributed by atoms with Crippen molar-refractivity contribution in [3.8, 4) is 0 Å². The van der Waals surface area contributed by atoms with Crippen LogP contribution in [-0.4, -0.2) is 69.7 Å². The van der Waals surface area contributed by atoms with Gasteiger partial charge in [-0.3, -0.25) is 9.59 Å². The van der Waals surface area contributed by atoms with Crippen LogP contribution < -0.4 is 10.6 Å². The number of nitrogens with zero attached hydrogens (tertiary/aromatic N) is 2. The van der Waals surface area contributed by atoms with Gasteiger partial charge in [0.1, 0.15) is 0 Å². The van der Waals surface area contributed by atoms with Gasteiger partial charge >= 0.3 is 0 Å². The Morgan fingerprint density at radius 3 is 2.39 bits per heavy atom. The number of likely N-dealkylation sites (N-methyl/N-ethyl adjacent to an activating group) is 1. The Bertz CT molecular complexity index is 1120. The van der Waals surface area contributed by atoms with Gasteiger partial charge in [-0.05, 0) is 63.3 Å². The Labute approximate surface area is 200 Å². The highest BCUT2D eigenvalue weighted by molar-refractivity contribution is 7.89. The van der Waals surface area contributed by atoms with Gasteiger partial charge in [0.15, 0.2) is 0 Å². The lowest BCUT2D eigenvalue weighted by Crippen LogP contribution is -2.35. The lowest BCUT2D eigenvalue weighted by molar-refractivity contribution is 0.0949. The van der Waals surface area contributed by atoms with Crippen molar-refractivity contribution in [3.05, 3.63) is 58.6 Å². The van der Waals surface area contributed by atoms with Gasteiger partial charge in [-0.25, -0.2) is 8.42 Å². The van der Waals surface area contributed by atoms with E-state index in [1.807, 2.05) is 19.0 Å². The first-order valence-corrected chi connectivity index (χ1v) is 12.6. The van der Waals surface area contributed by atoms with E-state index in [-0.39, 0.29) is 27.1 Å². The first kappa shape index (κ1) is 25.2. The van der Waals surface area contributed by atoms with Gasteiger partial charge in [0.2, 0.25) is 10.0 Å². The van der Waals surface area contributed by atoms with Crippen LogP contribution in [0.25, 0.3) is 0 Å². The molecule has 1 fully saturated rings. The molecule has 1 heterocycles. The molecule has 1 saturated heterocycles. The number of halogens is 1. The van der Waals surface area contributed by atoms with Crippen molar-refractivity contribution < 1.29 is 18.0 Å². The summed E-state index contributed by atoms with van der Waals surface area (Å²) in [5.41, 5.74) is 0.811. The van der Waals surface area contributed by atoms with Gasteiger partial charge in [0, 0.05) is 37.3 Å². The molecule has 2 aromatic rings. The van der Waals surface area contributed by atoms with Gasteiger partial charge in [0.05, 0.1) is 15.6 Å². The molecular formula is C23H29ClN4O4S. The Kier molecular flexibility index (Phi) is 8.47. The third-order valence-electron chi connectivity index (χ3n) is 5.37. The van der Waals surface area contributed by atoms with Crippen molar-refractivity contribution in [1.82, 2.24) is 14.5 Å². The molecule has 33 heavy (non-hydrogen) atoms. The van der Waals surface area contributed by atoms with Crippen LogP contribution in [0.4, 0.5) is 5.69 Å². The molecule has 0 aliphatic carbocycles. The summed E-state index contributed by atoms with van der Waals surface area (Å²) in [5, 5.41) is 5.76. The molecule has 2 amide bonds. The number of hydrogen-bond acceptors (Lipinski definition) is 5. The van der Waals surface area contributed by atoms with Crippen LogP contribution in [0.3, 0.4) is 0 Å². The molecular weight excluding hydrogens is 464 g/mol. The number of anilines is 1. The van der Waals surface area contributed by atoms with Crippen LogP contribution in [0.2, 0.25) is 5.02 Å². The molecule has 0 aromatic heterocycles. The van der Waals surface area contributed by atoms with Gasteiger partial charge in [-0.2, -0.15) is 4.31 Å². The van der Waals surface area contributed by atoms with Crippen molar-refractivity contribution in [2.45, 2.75) is 24.2 Å². The Balaban J connectivity index is 1.75. The number of hydrogen-bond donors (Lipinski definition) is 2. The second kappa shape index (κ2) is 11.1. The molecule has 0 atom stereocenters. The molecule has 2 aromatic carbocycles. The summed E-state index contributed by atoms with van der Waals surface area (Å²) in [5.74, 6) is -0.795. The van der Waals surface area contributed by atoms with Crippen LogP contribution in [-0.2, 0) is 10.0 Å². The molecule has 2 N–H and O–H groups in total. The van der Waals surface area contributed by atoms with E-state index in [1.165, 1.54) is 34.6 Å². The van der Waals surface area contributed by atoms with E-state index in [1.54, 1.807) is 12.1 Å². The molecule has 0 radical (unpaired) electrons. The van der Waals surface area contributed by atoms with E-state index >= 15 is 0 Å². The lowest BCUT2D eigenvalue weighted by atomic mass is 10.1. The van der Waals surface area contributed by atoms with Crippen LogP contribution in [0.1, 0.15) is 40.0 Å². The minimum Gasteiger partial charge on any atom is -0.351 e. The van der Waals surface area contributed by atoms with Crippen LogP contribution in [0, 0.1) is 0 Å². The Morgan fingerprint density at radius 2 is 1.70 bits per heavy atom. The fourth-order valence-corrected chi connectivity index (χ4v) is 5.23. The summed E-state index contributed by atoms with van der Waals surface area (Å²) in [7, 11) is 0.162. The maximum atomic E-state index is 12.9. The number of sulfonamides is 1. The van der Waals surface area contributed by atoms with E-state index in [0.29, 0.717) is 31.7 Å². The van der Waals surface area contributed by atoms with E-state index in [0.717, 1.165) is 19.3 Å². The number of rotatable bonds is 8. The summed E-state index contributed by atoms with van der Waals surface area (Å²) < 4.78 is 27.4. The van der Waals surface area contributed by atoms with Crippen molar-refractivity contribution in [3.63, 3.8) is 0 Å². The van der Waals surface area contributed by atoms with Gasteiger partial charge in [-0.15, -0.1) is 0 Å². The smallest absolute Gasteiger partial charge is 0.255 e. The number of nitrogens with one attached hydrogen (secondary N) is 2. The summed E-state index contributed by atoms with van der Waals surface area (Å²) in [6, 6.07) is 10.6. The molecule has 1 aliphatic heterocycles. The molecule has 178 valence electrons. The predicted molar refractivity (Wildman–Crippen MR) is 129 cm³/mol. The average Bonchev–Trinajstić information content (AvgIpc) is 2.80. The zero-order valence-electron chi connectivity index (χ0n) is 18.8. The zero-order valence-corrected chi connectivity index (χ0v) is 20.4. The minimum atomic E-state index is -3.66. The summed E-state index contributed by atoms with van der Waals surface area (Å²) in [4.78, 5) is 27.3. The molecule has 0 spiro atoms. The fourth-order valence-electron chi connectivity index (χ4n) is 3.50. The van der Waals surface area contributed by atoms with E-state index in [9.17, 15) is 18.0 Å². The van der Waals surface area contributed by atoms with Crippen LogP contribution in [0.15, 0.2) is 47.4 Å². The van der Waals surface area contributed by atoms with Crippen LogP contribution >= 0.6 is 11.6 Å². The maximum absolute atomic E-state index is 12.9. The maximum Gasteiger partial charge on any atom is 0.255 e. The Hall–Kier alpha value is -2.46. The van der Waals surface area contributed by atoms with Gasteiger partial charge < -0.3 is 15.5 Å². The molecule has 3 rings (SSSR count). The van der Waals surface area contributed by atoms with E-state index in [4.69, 9.17) is 11.6 Å². The molecule has 0 unspecified atom stereocenters. The SMILES string of the molecule is CN(C)CCNC(=O)c1ccc(Cl)c(NC(=O)c2cccc(S(=O)(=O)N3CCCCC3)c2)c1. The highest BCUT2D eigenvalue weighted by atomic mass is 35.5. The molecule has 0 saturated carbocycles. The molecule has 10 heteroatoms. The quantitative estimate of drug-likeness (QED) is 0.590. The third-order valence-corrected chi connectivity index (χ3v) is 7.59. The number of benzene rings is 2. The van der Waals surface area contributed by atoms with Crippen molar-refractivity contribution in [1.29, 1.82) is 0 Å². The predicted octanol–water partition coefficient (Wildman–Crippen LogP) is 3.06. The van der Waals surface area contributed by atoms with Crippen molar-refractivity contribution in [2.75, 3.05) is 45.6 Å². The number of piperidine rings is 1. The van der Waals surface area contributed by atoms with E-state index in [2.05, 4.69) is 10.6 Å². The highest BCUT2D eigenvalue weighted by Crippen LogP contribution is 2.25. The van der Waals surface area contributed by atoms with Gasteiger partial charge in [-0.1, -0.05) is 24.1 Å². The summed E-state index contributed by atoms with van der Waals surface area (Å²) >= 11 is 6.23. The minimum absolute atomic E-state index is 0.0807.